The lowest BCUT2D eigenvalue weighted by Gasteiger charge is -2.43. The summed E-state index contributed by atoms with van der Waals surface area (Å²) in [6, 6.07) is 15.4. The van der Waals surface area contributed by atoms with E-state index < -0.39 is 9.83 Å². The first-order valence-corrected chi connectivity index (χ1v) is 9.84. The third-order valence-electron chi connectivity index (χ3n) is 4.36. The highest BCUT2D eigenvalue weighted by Crippen LogP contribution is 2.51. The van der Waals surface area contributed by atoms with Crippen LogP contribution in [-0.2, 0) is 0 Å². The first-order valence-electron chi connectivity index (χ1n) is 8.33. The molecule has 0 spiro atoms. The van der Waals surface area contributed by atoms with Crippen LogP contribution in [0.4, 0.5) is 5.69 Å². The van der Waals surface area contributed by atoms with Crippen LogP contribution in [0.15, 0.2) is 54.2 Å². The van der Waals surface area contributed by atoms with Crippen LogP contribution in [0.2, 0.25) is 5.02 Å². The zero-order valence-corrected chi connectivity index (χ0v) is 16.9. The molecule has 0 saturated carbocycles. The molecule has 0 bridgehead atoms. The Labute approximate surface area is 169 Å². The fraction of sp³-hybridized carbons (Fsp3) is 0.300. The second-order valence-electron chi connectivity index (χ2n) is 6.16. The lowest BCUT2D eigenvalue weighted by Crippen LogP contribution is -2.39. The third-order valence-corrected chi connectivity index (χ3v) is 5.22. The maximum absolute atomic E-state index is 6.45. The van der Waals surface area contributed by atoms with Crippen LogP contribution in [0.5, 0.6) is 0 Å². The van der Waals surface area contributed by atoms with Crippen molar-refractivity contribution in [2.45, 2.75) is 36.0 Å². The van der Waals surface area contributed by atoms with Gasteiger partial charge in [0.15, 0.2) is 0 Å². The average molecular weight is 415 g/mol. The molecule has 25 heavy (non-hydrogen) atoms. The van der Waals surface area contributed by atoms with E-state index in [2.05, 4.69) is 24.0 Å². The standard InChI is InChI=1S/C20H19Cl4N/c1-2-3-9-16-12-14-7-4-5-11-18(14)19(20(22,23)24)25(16)17-10-6-8-15(21)13-17/h4-8,10-13,19H,2-3,9H2,1H3. The van der Waals surface area contributed by atoms with Gasteiger partial charge in [-0.1, -0.05) is 90.1 Å². The van der Waals surface area contributed by atoms with Gasteiger partial charge in [0, 0.05) is 16.4 Å². The monoisotopic (exact) mass is 413 g/mol. The molecule has 132 valence electrons. The fourth-order valence-electron chi connectivity index (χ4n) is 3.26. The van der Waals surface area contributed by atoms with Crippen LogP contribution >= 0.6 is 46.4 Å². The summed E-state index contributed by atoms with van der Waals surface area (Å²) in [4.78, 5) is 2.12. The molecule has 1 unspecified atom stereocenters. The lowest BCUT2D eigenvalue weighted by molar-refractivity contribution is 0.644. The van der Waals surface area contributed by atoms with Gasteiger partial charge in [0.2, 0.25) is 3.79 Å². The molecule has 3 rings (SSSR count). The second-order valence-corrected chi connectivity index (χ2v) is 8.97. The summed E-state index contributed by atoms with van der Waals surface area (Å²) in [5.41, 5.74) is 4.17. The molecule has 1 heterocycles. The SMILES string of the molecule is CCCCC1=Cc2ccccc2C(C(Cl)(Cl)Cl)N1c1cccc(Cl)c1. The topological polar surface area (TPSA) is 3.24 Å². The predicted molar refractivity (Wildman–Crippen MR) is 111 cm³/mol. The Bertz CT molecular complexity index is 779. The Kier molecular flexibility index (Phi) is 5.90. The number of unbranched alkanes of at least 4 members (excludes halogenated alkanes) is 1. The fourth-order valence-corrected chi connectivity index (χ4v) is 4.09. The van der Waals surface area contributed by atoms with Gasteiger partial charge in [-0.25, -0.2) is 0 Å². The largest absolute Gasteiger partial charge is 0.333 e. The van der Waals surface area contributed by atoms with E-state index in [-0.39, 0.29) is 0 Å². The molecule has 0 N–H and O–H groups in total. The third kappa shape index (κ3) is 4.11. The van der Waals surface area contributed by atoms with Gasteiger partial charge in [-0.15, -0.1) is 0 Å². The number of allylic oxidation sites excluding steroid dienone is 1. The van der Waals surface area contributed by atoms with Gasteiger partial charge in [-0.3, -0.25) is 0 Å². The first kappa shape index (κ1) is 18.9. The number of hydrogen-bond acceptors (Lipinski definition) is 1. The van der Waals surface area contributed by atoms with Gasteiger partial charge in [-0.2, -0.15) is 0 Å². The minimum absolute atomic E-state index is 0.413. The molecule has 1 aliphatic heterocycles. The van der Waals surface area contributed by atoms with E-state index >= 15 is 0 Å². The summed E-state index contributed by atoms with van der Waals surface area (Å²) in [6.45, 7) is 2.17. The van der Waals surface area contributed by atoms with Crippen molar-refractivity contribution in [3.05, 3.63) is 70.4 Å². The summed E-state index contributed by atoms with van der Waals surface area (Å²) in [6.07, 6.45) is 5.27. The quantitative estimate of drug-likeness (QED) is 0.461. The number of halogens is 4. The summed E-state index contributed by atoms with van der Waals surface area (Å²) >= 11 is 25.6. The van der Waals surface area contributed by atoms with Crippen molar-refractivity contribution in [2.24, 2.45) is 0 Å². The normalized spacial score (nSPS) is 17.2. The predicted octanol–water partition coefficient (Wildman–Crippen LogP) is 7.80. The summed E-state index contributed by atoms with van der Waals surface area (Å²) in [5.74, 6) is 0. The Morgan fingerprint density at radius 3 is 2.48 bits per heavy atom. The van der Waals surface area contributed by atoms with E-state index in [1.54, 1.807) is 0 Å². The van der Waals surface area contributed by atoms with Gasteiger partial charge in [-0.05, 0) is 48.2 Å². The smallest absolute Gasteiger partial charge is 0.215 e. The van der Waals surface area contributed by atoms with Gasteiger partial charge in [0.25, 0.3) is 0 Å². The van der Waals surface area contributed by atoms with Gasteiger partial charge >= 0.3 is 0 Å². The van der Waals surface area contributed by atoms with Crippen LogP contribution in [0.25, 0.3) is 6.08 Å². The highest BCUT2D eigenvalue weighted by Gasteiger charge is 2.42. The molecule has 0 aromatic heterocycles. The van der Waals surface area contributed by atoms with E-state index in [1.165, 1.54) is 0 Å². The molecular weight excluding hydrogens is 396 g/mol. The van der Waals surface area contributed by atoms with E-state index in [0.717, 1.165) is 41.8 Å². The van der Waals surface area contributed by atoms with Crippen LogP contribution < -0.4 is 4.90 Å². The highest BCUT2D eigenvalue weighted by atomic mass is 35.6. The van der Waals surface area contributed by atoms with Gasteiger partial charge < -0.3 is 4.90 Å². The maximum Gasteiger partial charge on any atom is 0.215 e. The number of anilines is 1. The molecule has 2 aromatic carbocycles. The second kappa shape index (κ2) is 7.80. The zero-order chi connectivity index (χ0) is 18.0. The minimum Gasteiger partial charge on any atom is -0.333 e. The van der Waals surface area contributed by atoms with E-state index in [9.17, 15) is 0 Å². The molecule has 0 fully saturated rings. The summed E-state index contributed by atoms with van der Waals surface area (Å²) in [7, 11) is 0. The number of rotatable bonds is 4. The number of alkyl halides is 3. The van der Waals surface area contributed by atoms with Crippen molar-refractivity contribution in [2.75, 3.05) is 4.90 Å². The molecular formula is C20H19Cl4N. The number of nitrogens with zero attached hydrogens (tertiary/aromatic N) is 1. The van der Waals surface area contributed by atoms with Crippen molar-refractivity contribution in [1.82, 2.24) is 0 Å². The zero-order valence-electron chi connectivity index (χ0n) is 13.9. The maximum atomic E-state index is 6.45. The molecule has 0 amide bonds. The average Bonchev–Trinajstić information content (AvgIpc) is 2.57. The van der Waals surface area contributed by atoms with Crippen LogP contribution in [0, 0.1) is 0 Å². The molecule has 0 saturated heterocycles. The van der Waals surface area contributed by atoms with E-state index in [1.807, 2.05) is 42.5 Å². The minimum atomic E-state index is -1.48. The molecule has 0 aliphatic carbocycles. The highest BCUT2D eigenvalue weighted by molar-refractivity contribution is 6.68. The molecule has 1 atom stereocenters. The van der Waals surface area contributed by atoms with Gasteiger partial charge in [0.05, 0.1) is 0 Å². The van der Waals surface area contributed by atoms with Crippen molar-refractivity contribution in [3.63, 3.8) is 0 Å². The number of fused-ring (bicyclic) bond motifs is 1. The molecule has 1 aliphatic rings. The van der Waals surface area contributed by atoms with Crippen molar-refractivity contribution in [1.29, 1.82) is 0 Å². The Hall–Kier alpha value is -0.860. The first-order chi connectivity index (χ1) is 11.9. The lowest BCUT2D eigenvalue weighted by atomic mass is 9.92. The molecule has 5 heteroatoms. The number of benzene rings is 2. The molecule has 1 nitrogen and oxygen atoms in total. The Balaban J connectivity index is 2.19. The van der Waals surface area contributed by atoms with Crippen LogP contribution in [0.1, 0.15) is 43.4 Å². The van der Waals surface area contributed by atoms with Crippen molar-refractivity contribution >= 4 is 58.2 Å². The van der Waals surface area contributed by atoms with E-state index in [0.29, 0.717) is 5.02 Å². The summed E-state index contributed by atoms with van der Waals surface area (Å²) < 4.78 is -1.48. The summed E-state index contributed by atoms with van der Waals surface area (Å²) in [5, 5.41) is 0.661. The van der Waals surface area contributed by atoms with Crippen LogP contribution in [-0.4, -0.2) is 3.79 Å². The van der Waals surface area contributed by atoms with Crippen molar-refractivity contribution < 1.29 is 0 Å². The van der Waals surface area contributed by atoms with E-state index in [4.69, 9.17) is 46.4 Å². The molecule has 2 aromatic rings. The molecule has 0 radical (unpaired) electrons. The van der Waals surface area contributed by atoms with Gasteiger partial charge in [0.1, 0.15) is 6.04 Å². The number of hydrogen-bond donors (Lipinski definition) is 0. The van der Waals surface area contributed by atoms with Crippen molar-refractivity contribution in [3.8, 4) is 0 Å². The van der Waals surface area contributed by atoms with Crippen LogP contribution in [0.3, 0.4) is 0 Å². The Morgan fingerprint density at radius 1 is 1.04 bits per heavy atom. The Morgan fingerprint density at radius 2 is 1.80 bits per heavy atom.